The van der Waals surface area contributed by atoms with Gasteiger partial charge < -0.3 is 19.1 Å². The van der Waals surface area contributed by atoms with Crippen molar-refractivity contribution in [3.8, 4) is 0 Å². The number of allylic oxidation sites excluding steroid dienone is 1. The lowest BCUT2D eigenvalue weighted by Crippen LogP contribution is -2.43. The van der Waals surface area contributed by atoms with E-state index in [4.69, 9.17) is 13.8 Å². The lowest BCUT2D eigenvalue weighted by molar-refractivity contribution is -0.104. The van der Waals surface area contributed by atoms with Crippen LogP contribution in [0.4, 0.5) is 4.79 Å². The van der Waals surface area contributed by atoms with Gasteiger partial charge in [-0.15, -0.1) is 11.6 Å². The van der Waals surface area contributed by atoms with Crippen molar-refractivity contribution >= 4 is 32.4 Å². The maximum absolute atomic E-state index is 12.1. The molecule has 0 rings (SSSR count). The van der Waals surface area contributed by atoms with E-state index in [9.17, 15) is 9.59 Å². The molecule has 0 aliphatic heterocycles. The van der Waals surface area contributed by atoms with E-state index < -0.39 is 14.8 Å². The third-order valence-corrected chi connectivity index (χ3v) is 6.20. The predicted octanol–water partition coefficient (Wildman–Crippen LogP) is 5.12. The molecule has 0 bridgehead atoms. The number of hydrogen-bond acceptors (Lipinski definition) is 6. The third-order valence-electron chi connectivity index (χ3n) is 3.93. The number of halogens is 1. The zero-order valence-corrected chi connectivity index (χ0v) is 22.4. The highest BCUT2D eigenvalue weighted by molar-refractivity contribution is 7.44. The number of carbonyl (C=O) groups is 2. The molecule has 0 spiro atoms. The van der Waals surface area contributed by atoms with E-state index in [0.717, 1.165) is 0 Å². The molecule has 0 saturated carbocycles. The minimum absolute atomic E-state index is 0.0400. The summed E-state index contributed by atoms with van der Waals surface area (Å²) < 4.78 is 20.5. The number of carbonyl (C=O) groups excluding carboxylic acids is 2. The standard InChI is InChI=1S/C20H40N3O5P.CH3Cl/c1-10-19(27-18(8)22(12-11-13-24)20(25)21-9)14-26-29(28-17(6)7)23(15(2)3)16(4)5;1-2/h11-13,15-19H,10,14H2,1-9H3,(H,21,25);1H3/b12-11-;. The van der Waals surface area contributed by atoms with E-state index in [1.807, 2.05) is 20.8 Å². The Bertz CT molecular complexity index is 501. The van der Waals surface area contributed by atoms with Gasteiger partial charge in [0.2, 0.25) is 0 Å². The summed E-state index contributed by atoms with van der Waals surface area (Å²) in [6, 6.07) is 0.191. The number of rotatable bonds is 14. The summed E-state index contributed by atoms with van der Waals surface area (Å²) in [7, 11) is 0.282. The van der Waals surface area contributed by atoms with Crippen molar-refractivity contribution in [3.63, 3.8) is 0 Å². The molecule has 0 aromatic rings. The van der Waals surface area contributed by atoms with Crippen LogP contribution in [-0.4, -0.2) is 72.4 Å². The van der Waals surface area contributed by atoms with Crippen LogP contribution in [0, 0.1) is 0 Å². The summed E-state index contributed by atoms with van der Waals surface area (Å²) in [6.45, 7) is 16.6. The van der Waals surface area contributed by atoms with Crippen LogP contribution in [0.25, 0.3) is 0 Å². The Morgan fingerprint density at radius 1 is 1.10 bits per heavy atom. The molecule has 8 nitrogen and oxygen atoms in total. The second kappa shape index (κ2) is 18.8. The van der Waals surface area contributed by atoms with Gasteiger partial charge in [-0.25, -0.2) is 9.46 Å². The van der Waals surface area contributed by atoms with E-state index in [-0.39, 0.29) is 30.3 Å². The van der Waals surface area contributed by atoms with Gasteiger partial charge in [0.15, 0.2) is 0 Å². The quantitative estimate of drug-likeness (QED) is 0.121. The highest BCUT2D eigenvalue weighted by Gasteiger charge is 2.29. The van der Waals surface area contributed by atoms with Crippen LogP contribution in [0.1, 0.15) is 61.8 Å². The van der Waals surface area contributed by atoms with E-state index in [2.05, 4.69) is 49.3 Å². The van der Waals surface area contributed by atoms with Gasteiger partial charge in [-0.3, -0.25) is 9.69 Å². The van der Waals surface area contributed by atoms with Crippen LogP contribution < -0.4 is 5.32 Å². The molecule has 2 amide bonds. The number of nitrogens with zero attached hydrogens (tertiary/aromatic N) is 2. The van der Waals surface area contributed by atoms with Crippen molar-refractivity contribution in [2.24, 2.45) is 0 Å². The number of hydrogen-bond donors (Lipinski definition) is 1. The zero-order valence-electron chi connectivity index (χ0n) is 20.8. The first-order chi connectivity index (χ1) is 14.6. The summed E-state index contributed by atoms with van der Waals surface area (Å²) in [5.41, 5.74) is 0. The lowest BCUT2D eigenvalue weighted by Gasteiger charge is -2.37. The van der Waals surface area contributed by atoms with E-state index >= 15 is 0 Å². The van der Waals surface area contributed by atoms with Crippen LogP contribution in [0.15, 0.2) is 12.3 Å². The molecular weight excluding hydrogens is 441 g/mol. The molecule has 0 fully saturated rings. The molecular formula is C21H43ClN3O5P. The second-order valence-corrected chi connectivity index (χ2v) is 8.87. The fourth-order valence-electron chi connectivity index (χ4n) is 2.66. The number of amides is 2. The van der Waals surface area contributed by atoms with Crippen molar-refractivity contribution in [2.75, 3.05) is 20.0 Å². The monoisotopic (exact) mass is 483 g/mol. The van der Waals surface area contributed by atoms with Crippen LogP contribution in [0.3, 0.4) is 0 Å². The highest BCUT2D eigenvalue weighted by atomic mass is 35.5. The van der Waals surface area contributed by atoms with Crippen molar-refractivity contribution in [3.05, 3.63) is 12.3 Å². The van der Waals surface area contributed by atoms with Crippen molar-refractivity contribution < 1.29 is 23.4 Å². The van der Waals surface area contributed by atoms with E-state index in [1.165, 1.54) is 30.6 Å². The Balaban J connectivity index is 0. The average molecular weight is 484 g/mol. The first-order valence-electron chi connectivity index (χ1n) is 10.6. The topological polar surface area (TPSA) is 80.3 Å². The number of urea groups is 1. The lowest BCUT2D eigenvalue weighted by atomic mass is 10.3. The van der Waals surface area contributed by atoms with Crippen molar-refractivity contribution in [2.45, 2.75) is 92.3 Å². The Hall–Kier alpha value is -0.760. The zero-order chi connectivity index (χ0) is 24.6. The van der Waals surface area contributed by atoms with Gasteiger partial charge in [0, 0.05) is 31.7 Å². The first-order valence-corrected chi connectivity index (χ1v) is 12.5. The summed E-state index contributed by atoms with van der Waals surface area (Å²) in [4.78, 5) is 24.0. The fraction of sp³-hybridized carbons (Fsp3) is 0.810. The SMILES string of the molecule is CCC(COP(OC(C)C)N(C(C)C)C(C)C)OC(C)N(/C=C\C=O)C(=O)NC.CCl. The van der Waals surface area contributed by atoms with E-state index in [0.29, 0.717) is 19.3 Å². The molecule has 3 atom stereocenters. The molecule has 0 saturated heterocycles. The smallest absolute Gasteiger partial charge is 0.323 e. The Labute approximate surface area is 195 Å². The van der Waals surface area contributed by atoms with E-state index in [1.54, 1.807) is 6.92 Å². The molecule has 10 heteroatoms. The van der Waals surface area contributed by atoms with Crippen LogP contribution in [-0.2, 0) is 18.6 Å². The normalized spacial score (nSPS) is 14.5. The third kappa shape index (κ3) is 13.4. The molecule has 1 N–H and O–H groups in total. The maximum Gasteiger partial charge on any atom is 0.323 e. The second-order valence-electron chi connectivity index (χ2n) is 7.46. The number of aldehydes is 1. The summed E-state index contributed by atoms with van der Waals surface area (Å²) >= 11 is 4.64. The molecule has 0 aromatic carbocycles. The summed E-state index contributed by atoms with van der Waals surface area (Å²) in [5, 5.41) is 2.54. The van der Waals surface area contributed by atoms with Crippen LogP contribution >= 0.6 is 20.1 Å². The van der Waals surface area contributed by atoms with Crippen molar-refractivity contribution in [1.29, 1.82) is 0 Å². The van der Waals surface area contributed by atoms with Gasteiger partial charge >= 0.3 is 6.03 Å². The molecule has 0 aliphatic rings. The van der Waals surface area contributed by atoms with Crippen molar-refractivity contribution in [1.82, 2.24) is 14.9 Å². The highest BCUT2D eigenvalue weighted by Crippen LogP contribution is 2.47. The van der Waals surface area contributed by atoms with Gasteiger partial charge in [0.1, 0.15) is 12.5 Å². The average Bonchev–Trinajstić information content (AvgIpc) is 2.71. The summed E-state index contributed by atoms with van der Waals surface area (Å²) in [5.74, 6) is 0. The minimum Gasteiger partial charge on any atom is -0.353 e. The summed E-state index contributed by atoms with van der Waals surface area (Å²) in [6.07, 6.45) is 4.69. The largest absolute Gasteiger partial charge is 0.353 e. The minimum atomic E-state index is -1.25. The Morgan fingerprint density at radius 3 is 2.03 bits per heavy atom. The molecule has 0 aromatic heterocycles. The number of nitrogens with one attached hydrogen (secondary N) is 1. The van der Waals surface area contributed by atoms with Gasteiger partial charge in [0.05, 0.1) is 18.8 Å². The van der Waals surface area contributed by atoms with Gasteiger partial charge in [-0.1, -0.05) is 6.92 Å². The van der Waals surface area contributed by atoms with Gasteiger partial charge in [0.25, 0.3) is 8.53 Å². The van der Waals surface area contributed by atoms with Gasteiger partial charge in [-0.2, -0.15) is 0 Å². The maximum atomic E-state index is 12.1. The molecule has 31 heavy (non-hydrogen) atoms. The number of ether oxygens (including phenoxy) is 1. The number of alkyl halides is 1. The predicted molar refractivity (Wildman–Crippen MR) is 129 cm³/mol. The molecule has 0 aliphatic carbocycles. The van der Waals surface area contributed by atoms with Gasteiger partial charge in [-0.05, 0) is 61.0 Å². The Morgan fingerprint density at radius 2 is 1.65 bits per heavy atom. The fourth-order valence-corrected chi connectivity index (χ4v) is 4.37. The van der Waals surface area contributed by atoms with Crippen LogP contribution in [0.5, 0.6) is 0 Å². The molecule has 0 radical (unpaired) electrons. The molecule has 0 heterocycles. The first kappa shape index (κ1) is 32.4. The molecule has 184 valence electrons. The molecule has 3 unspecified atom stereocenters. The van der Waals surface area contributed by atoms with Crippen LogP contribution in [0.2, 0.25) is 0 Å². The Kier molecular flexibility index (Phi) is 19.6.